The number of Topliss-reactive ketones (excluding diaryl/α,β-unsaturated/α-hetero) is 1. The second-order valence-electron chi connectivity index (χ2n) is 7.72. The van der Waals surface area contributed by atoms with Crippen LogP contribution in [-0.4, -0.2) is 17.6 Å². The molecule has 2 aliphatic heterocycles. The predicted octanol–water partition coefficient (Wildman–Crippen LogP) is 2.54. The van der Waals surface area contributed by atoms with E-state index in [1.165, 1.54) is 13.2 Å². The Balaban J connectivity index is 1.80. The first kappa shape index (κ1) is 18.9. The van der Waals surface area contributed by atoms with Crippen molar-refractivity contribution in [3.8, 4) is 6.07 Å². The summed E-state index contributed by atoms with van der Waals surface area (Å²) in [5.41, 5.74) is 4.89. The number of hydrogen-bond donors (Lipinski definition) is 1. The average Bonchev–Trinajstić information content (AvgIpc) is 3.34. The largest absolute Gasteiger partial charge is 0.469 e. The van der Waals surface area contributed by atoms with Crippen LogP contribution in [-0.2, 0) is 24.5 Å². The van der Waals surface area contributed by atoms with Crippen molar-refractivity contribution in [1.82, 2.24) is 0 Å². The number of ketones is 1. The number of nitriles is 1. The predicted molar refractivity (Wildman–Crippen MR) is 107 cm³/mol. The number of imide groups is 1. The zero-order chi connectivity index (χ0) is 21.9. The van der Waals surface area contributed by atoms with Crippen LogP contribution in [0, 0.1) is 11.3 Å². The van der Waals surface area contributed by atoms with Crippen LogP contribution in [0.25, 0.3) is 0 Å². The third kappa shape index (κ3) is 2.31. The Bertz CT molecular complexity index is 1260. The van der Waals surface area contributed by atoms with Gasteiger partial charge in [-0.25, -0.2) is 4.90 Å². The van der Waals surface area contributed by atoms with Gasteiger partial charge in [-0.3, -0.25) is 14.4 Å². The SMILES string of the molecule is CC(=O)N1C(=O)C2(C(C#N)=C(N)OC3=C2C(=O)CC(c2ccco2)C3)c2ccccc21. The van der Waals surface area contributed by atoms with Gasteiger partial charge in [0.15, 0.2) is 5.78 Å². The van der Waals surface area contributed by atoms with Crippen molar-refractivity contribution in [2.45, 2.75) is 31.1 Å². The van der Waals surface area contributed by atoms with Gasteiger partial charge in [-0.15, -0.1) is 0 Å². The Kier molecular flexibility index (Phi) is 3.92. The van der Waals surface area contributed by atoms with Gasteiger partial charge < -0.3 is 14.9 Å². The van der Waals surface area contributed by atoms with Crippen LogP contribution < -0.4 is 10.6 Å². The zero-order valence-corrected chi connectivity index (χ0v) is 16.5. The molecule has 0 bridgehead atoms. The number of hydrogen-bond acceptors (Lipinski definition) is 7. The first-order valence-corrected chi connectivity index (χ1v) is 9.74. The average molecular weight is 415 g/mol. The summed E-state index contributed by atoms with van der Waals surface area (Å²) in [6.07, 6.45) is 1.87. The molecule has 3 aliphatic rings. The van der Waals surface area contributed by atoms with Gasteiger partial charge in [0.05, 0.1) is 17.5 Å². The summed E-state index contributed by atoms with van der Waals surface area (Å²) in [6, 6.07) is 12.1. The van der Waals surface area contributed by atoms with E-state index in [1.54, 1.807) is 36.4 Å². The molecule has 0 radical (unpaired) electrons. The van der Waals surface area contributed by atoms with E-state index in [1.807, 2.05) is 6.07 Å². The van der Waals surface area contributed by atoms with Gasteiger partial charge >= 0.3 is 0 Å². The summed E-state index contributed by atoms with van der Waals surface area (Å²) in [5, 5.41) is 9.96. The molecule has 8 heteroatoms. The van der Waals surface area contributed by atoms with Crippen molar-refractivity contribution in [1.29, 1.82) is 5.26 Å². The molecule has 2 amide bonds. The molecule has 2 unspecified atom stereocenters. The molecule has 3 heterocycles. The normalized spacial score (nSPS) is 24.8. The first-order valence-electron chi connectivity index (χ1n) is 9.74. The Morgan fingerprint density at radius 3 is 2.68 bits per heavy atom. The minimum atomic E-state index is -1.81. The van der Waals surface area contributed by atoms with E-state index in [-0.39, 0.29) is 47.3 Å². The molecule has 5 rings (SSSR count). The first-order chi connectivity index (χ1) is 14.9. The van der Waals surface area contributed by atoms with Crippen molar-refractivity contribution in [3.05, 3.63) is 76.8 Å². The van der Waals surface area contributed by atoms with Crippen LogP contribution in [0.3, 0.4) is 0 Å². The number of carbonyl (C=O) groups excluding carboxylic acids is 3. The maximum Gasteiger partial charge on any atom is 0.254 e. The number of benzene rings is 1. The smallest absolute Gasteiger partial charge is 0.254 e. The van der Waals surface area contributed by atoms with Gasteiger partial charge in [0, 0.05) is 31.2 Å². The number of ether oxygens (including phenoxy) is 1. The lowest BCUT2D eigenvalue weighted by molar-refractivity contribution is -0.128. The molecule has 154 valence electrons. The quantitative estimate of drug-likeness (QED) is 0.758. The number of furan rings is 1. The number of carbonyl (C=O) groups is 3. The van der Waals surface area contributed by atoms with Crippen LogP contribution in [0.2, 0.25) is 0 Å². The third-order valence-corrected chi connectivity index (χ3v) is 6.10. The number of rotatable bonds is 1. The molecule has 2 atom stereocenters. The molecule has 2 N–H and O–H groups in total. The van der Waals surface area contributed by atoms with Crippen LogP contribution in [0.5, 0.6) is 0 Å². The fourth-order valence-electron chi connectivity index (χ4n) is 4.92. The second-order valence-corrected chi connectivity index (χ2v) is 7.72. The minimum absolute atomic E-state index is 0.0715. The van der Waals surface area contributed by atoms with Crippen molar-refractivity contribution in [3.63, 3.8) is 0 Å². The molecule has 0 fully saturated rings. The van der Waals surface area contributed by atoms with E-state index >= 15 is 0 Å². The Hall–Kier alpha value is -4.12. The van der Waals surface area contributed by atoms with Gasteiger partial charge in [0.2, 0.25) is 11.8 Å². The topological polar surface area (TPSA) is 127 Å². The van der Waals surface area contributed by atoms with E-state index in [9.17, 15) is 19.6 Å². The molecule has 8 nitrogen and oxygen atoms in total. The van der Waals surface area contributed by atoms with E-state index in [4.69, 9.17) is 14.9 Å². The van der Waals surface area contributed by atoms with E-state index < -0.39 is 17.2 Å². The summed E-state index contributed by atoms with van der Waals surface area (Å²) < 4.78 is 11.2. The highest BCUT2D eigenvalue weighted by molar-refractivity contribution is 6.28. The molecule has 0 saturated carbocycles. The number of amides is 2. The van der Waals surface area contributed by atoms with Crippen LogP contribution in [0.1, 0.15) is 37.0 Å². The number of para-hydroxylation sites is 1. The second kappa shape index (κ2) is 6.44. The summed E-state index contributed by atoms with van der Waals surface area (Å²) in [4.78, 5) is 40.7. The van der Waals surface area contributed by atoms with Gasteiger partial charge in [-0.2, -0.15) is 5.26 Å². The monoisotopic (exact) mass is 415 g/mol. The summed E-state index contributed by atoms with van der Waals surface area (Å²) in [7, 11) is 0. The molecular weight excluding hydrogens is 398 g/mol. The molecule has 1 spiro atoms. The fourth-order valence-corrected chi connectivity index (χ4v) is 4.92. The van der Waals surface area contributed by atoms with Gasteiger partial charge in [-0.1, -0.05) is 18.2 Å². The van der Waals surface area contributed by atoms with E-state index in [0.717, 1.165) is 4.90 Å². The maximum atomic E-state index is 13.8. The molecule has 31 heavy (non-hydrogen) atoms. The van der Waals surface area contributed by atoms with Crippen molar-refractivity contribution < 1.29 is 23.5 Å². The van der Waals surface area contributed by atoms with Gasteiger partial charge in [0.25, 0.3) is 5.91 Å². The Morgan fingerprint density at radius 1 is 1.23 bits per heavy atom. The number of allylic oxidation sites excluding steroid dienone is 1. The van der Waals surface area contributed by atoms with Crippen molar-refractivity contribution >= 4 is 23.3 Å². The standard InChI is InChI=1S/C23H17N3O5/c1-12(27)26-16-6-3-2-5-14(16)23(22(26)29)15(11-24)21(25)31-19-10-13(9-17(28)20(19)23)18-7-4-8-30-18/h2-8,13H,9-10,25H2,1H3. The molecule has 1 aromatic carbocycles. The highest BCUT2D eigenvalue weighted by Crippen LogP contribution is 2.56. The minimum Gasteiger partial charge on any atom is -0.469 e. The van der Waals surface area contributed by atoms with Gasteiger partial charge in [-0.05, 0) is 18.2 Å². The maximum absolute atomic E-state index is 13.8. The number of anilines is 1. The molecule has 0 saturated heterocycles. The van der Waals surface area contributed by atoms with Crippen LogP contribution in [0.4, 0.5) is 5.69 Å². The van der Waals surface area contributed by atoms with Gasteiger partial charge in [0.1, 0.15) is 28.6 Å². The highest BCUT2D eigenvalue weighted by Gasteiger charge is 2.63. The Labute approximate surface area is 177 Å². The molecule has 1 aromatic heterocycles. The molecule has 2 aromatic rings. The lowest BCUT2D eigenvalue weighted by Gasteiger charge is -2.38. The number of nitrogens with two attached hydrogens (primary N) is 1. The summed E-state index contributed by atoms with van der Waals surface area (Å²) in [5.74, 6) is -1.25. The van der Waals surface area contributed by atoms with Crippen molar-refractivity contribution in [2.75, 3.05) is 4.90 Å². The number of nitrogens with zero attached hydrogens (tertiary/aromatic N) is 2. The Morgan fingerprint density at radius 2 is 2.00 bits per heavy atom. The summed E-state index contributed by atoms with van der Waals surface area (Å²) in [6.45, 7) is 1.26. The number of fused-ring (bicyclic) bond motifs is 3. The van der Waals surface area contributed by atoms with Crippen LogP contribution >= 0.6 is 0 Å². The molecule has 1 aliphatic carbocycles. The van der Waals surface area contributed by atoms with E-state index in [0.29, 0.717) is 17.0 Å². The molecular formula is C23H17N3O5. The summed E-state index contributed by atoms with van der Waals surface area (Å²) >= 11 is 0. The fraction of sp³-hybridized carbons (Fsp3) is 0.217. The van der Waals surface area contributed by atoms with Crippen molar-refractivity contribution in [2.24, 2.45) is 5.73 Å². The zero-order valence-electron chi connectivity index (χ0n) is 16.5. The van der Waals surface area contributed by atoms with Crippen LogP contribution in [0.15, 0.2) is 69.9 Å². The van der Waals surface area contributed by atoms with E-state index in [2.05, 4.69) is 0 Å². The third-order valence-electron chi connectivity index (χ3n) is 6.10. The lowest BCUT2D eigenvalue weighted by Crippen LogP contribution is -2.50. The highest BCUT2D eigenvalue weighted by atomic mass is 16.5. The lowest BCUT2D eigenvalue weighted by atomic mass is 9.64.